The van der Waals surface area contributed by atoms with Crippen molar-refractivity contribution < 1.29 is 13.6 Å². The molecule has 0 aromatic carbocycles. The smallest absolute Gasteiger partial charge is 0.255 e. The molecule has 0 atom stereocenters. The Balaban J connectivity index is 0.00000144. The average Bonchev–Trinajstić information content (AvgIpc) is 2.27. The Kier molecular flexibility index (Phi) is 4.36. The Morgan fingerprint density at radius 3 is 2.06 bits per heavy atom. The van der Waals surface area contributed by atoms with Gasteiger partial charge in [0.15, 0.2) is 0 Å². The lowest BCUT2D eigenvalue weighted by Gasteiger charge is -2.50. The first-order valence-electron chi connectivity index (χ1n) is 5.81. The predicted octanol–water partition coefficient (Wildman–Crippen LogP) is 1.84. The van der Waals surface area contributed by atoms with Crippen molar-refractivity contribution in [2.24, 2.45) is 11.1 Å². The molecule has 3 rings (SSSR count). The van der Waals surface area contributed by atoms with Crippen LogP contribution in [0.4, 0.5) is 8.78 Å². The van der Waals surface area contributed by atoms with Crippen LogP contribution in [-0.4, -0.2) is 24.4 Å². The Bertz CT molecular complexity index is 275. The fourth-order valence-electron chi connectivity index (χ4n) is 2.91. The highest BCUT2D eigenvalue weighted by molar-refractivity contribution is 5.85. The molecule has 0 aliphatic heterocycles. The van der Waals surface area contributed by atoms with Gasteiger partial charge in [0.2, 0.25) is 5.91 Å². The fraction of sp³-hybridized carbons (Fsp3) is 0.909. The van der Waals surface area contributed by atoms with E-state index in [1.165, 1.54) is 0 Å². The van der Waals surface area contributed by atoms with Gasteiger partial charge in [-0.15, -0.1) is 12.4 Å². The maximum atomic E-state index is 12.0. The number of hydrogen-bond donors (Lipinski definition) is 2. The maximum Gasteiger partial charge on any atom is 0.255 e. The van der Waals surface area contributed by atoms with E-state index in [9.17, 15) is 13.6 Å². The Morgan fingerprint density at radius 2 is 1.65 bits per heavy atom. The monoisotopic (exact) mass is 268 g/mol. The van der Waals surface area contributed by atoms with E-state index in [1.807, 2.05) is 0 Å². The summed E-state index contributed by atoms with van der Waals surface area (Å²) in [6.07, 6.45) is 2.30. The van der Waals surface area contributed by atoms with E-state index >= 15 is 0 Å². The number of alkyl halides is 2. The highest BCUT2D eigenvalue weighted by Crippen LogP contribution is 2.51. The zero-order valence-electron chi connectivity index (χ0n) is 9.68. The van der Waals surface area contributed by atoms with Crippen LogP contribution < -0.4 is 11.1 Å². The number of nitrogens with one attached hydrogen (secondary N) is 1. The molecule has 1 amide bonds. The summed E-state index contributed by atoms with van der Waals surface area (Å²) >= 11 is 0. The summed E-state index contributed by atoms with van der Waals surface area (Å²) in [6, 6.07) is 0. The normalized spacial score (nSPS) is 35.5. The van der Waals surface area contributed by atoms with Crippen molar-refractivity contribution in [3.05, 3.63) is 0 Å². The minimum atomic E-state index is -2.47. The van der Waals surface area contributed by atoms with Gasteiger partial charge in [0.05, 0.1) is 6.54 Å². The molecule has 0 saturated heterocycles. The number of carbonyl (C=O) groups is 1. The lowest BCUT2D eigenvalue weighted by molar-refractivity contribution is -0.138. The quantitative estimate of drug-likeness (QED) is 0.821. The summed E-state index contributed by atoms with van der Waals surface area (Å²) in [6.45, 7) is -0.533. The van der Waals surface area contributed by atoms with Crippen molar-refractivity contribution in [3.8, 4) is 0 Å². The zero-order chi connectivity index (χ0) is 11.8. The van der Waals surface area contributed by atoms with Crippen LogP contribution >= 0.6 is 12.4 Å². The van der Waals surface area contributed by atoms with Gasteiger partial charge in [0.25, 0.3) is 6.43 Å². The average molecular weight is 269 g/mol. The van der Waals surface area contributed by atoms with Gasteiger partial charge in [-0.2, -0.15) is 0 Å². The van der Waals surface area contributed by atoms with Crippen LogP contribution in [-0.2, 0) is 4.79 Å². The van der Waals surface area contributed by atoms with Crippen molar-refractivity contribution in [3.63, 3.8) is 0 Å². The molecule has 3 fully saturated rings. The molecule has 3 saturated carbocycles. The Morgan fingerprint density at radius 1 is 1.18 bits per heavy atom. The van der Waals surface area contributed by atoms with Gasteiger partial charge in [0, 0.05) is 11.0 Å². The third kappa shape index (κ3) is 2.88. The van der Waals surface area contributed by atoms with E-state index in [0.29, 0.717) is 0 Å². The Labute approximate surface area is 106 Å². The largest absolute Gasteiger partial charge is 0.350 e. The van der Waals surface area contributed by atoms with Crippen molar-refractivity contribution in [2.45, 2.75) is 50.5 Å². The molecule has 3 N–H and O–H groups in total. The molecular formula is C11H19ClF2N2O. The van der Waals surface area contributed by atoms with Gasteiger partial charge in [0.1, 0.15) is 0 Å². The first-order chi connectivity index (χ1) is 7.46. The number of nitrogens with two attached hydrogens (primary N) is 1. The molecule has 0 spiro atoms. The predicted molar refractivity (Wildman–Crippen MR) is 63.3 cm³/mol. The highest BCUT2D eigenvalue weighted by Gasteiger charge is 2.50. The molecule has 2 bridgehead atoms. The second kappa shape index (κ2) is 5.06. The molecule has 0 aromatic rings. The van der Waals surface area contributed by atoms with Crippen LogP contribution in [0.25, 0.3) is 0 Å². The van der Waals surface area contributed by atoms with Crippen LogP contribution in [0.3, 0.4) is 0 Å². The second-order valence-corrected chi connectivity index (χ2v) is 5.24. The lowest BCUT2D eigenvalue weighted by atomic mass is 9.57. The van der Waals surface area contributed by atoms with Crippen LogP contribution in [0.5, 0.6) is 0 Å². The zero-order valence-corrected chi connectivity index (χ0v) is 10.5. The van der Waals surface area contributed by atoms with Gasteiger partial charge in [-0.3, -0.25) is 4.79 Å². The van der Waals surface area contributed by atoms with E-state index in [-0.39, 0.29) is 23.9 Å². The van der Waals surface area contributed by atoms with Gasteiger partial charge in [-0.25, -0.2) is 8.78 Å². The Hall–Kier alpha value is -0.420. The lowest BCUT2D eigenvalue weighted by Crippen LogP contribution is -2.56. The molecule has 3 aliphatic carbocycles. The molecule has 3 aliphatic rings. The molecule has 0 aromatic heterocycles. The SMILES string of the molecule is Cl.NC12CCC(C(=O)NCC(F)F)(CC1)CC2. The number of rotatable bonds is 3. The molecule has 3 nitrogen and oxygen atoms in total. The summed E-state index contributed by atoms with van der Waals surface area (Å²) < 4.78 is 24.1. The fourth-order valence-corrected chi connectivity index (χ4v) is 2.91. The third-order valence-corrected chi connectivity index (χ3v) is 4.20. The van der Waals surface area contributed by atoms with E-state index in [1.54, 1.807) is 0 Å². The second-order valence-electron chi connectivity index (χ2n) is 5.24. The van der Waals surface area contributed by atoms with Crippen molar-refractivity contribution in [1.82, 2.24) is 5.32 Å². The van der Waals surface area contributed by atoms with Crippen LogP contribution in [0.2, 0.25) is 0 Å². The maximum absolute atomic E-state index is 12.0. The first kappa shape index (κ1) is 14.6. The minimum absolute atomic E-state index is 0. The topological polar surface area (TPSA) is 55.1 Å². The van der Waals surface area contributed by atoms with Crippen molar-refractivity contribution >= 4 is 18.3 Å². The van der Waals surface area contributed by atoms with Gasteiger partial charge in [-0.1, -0.05) is 0 Å². The van der Waals surface area contributed by atoms with E-state index in [2.05, 4.69) is 5.32 Å². The molecule has 0 heterocycles. The van der Waals surface area contributed by atoms with Gasteiger partial charge >= 0.3 is 0 Å². The molecule has 0 unspecified atom stereocenters. The first-order valence-corrected chi connectivity index (χ1v) is 5.81. The summed E-state index contributed by atoms with van der Waals surface area (Å²) in [5, 5.41) is 2.35. The van der Waals surface area contributed by atoms with Crippen LogP contribution in [0, 0.1) is 5.41 Å². The number of amides is 1. The molecular weight excluding hydrogens is 250 g/mol. The van der Waals surface area contributed by atoms with Gasteiger partial charge < -0.3 is 11.1 Å². The van der Waals surface area contributed by atoms with Crippen LogP contribution in [0.1, 0.15) is 38.5 Å². The molecule has 6 heteroatoms. The third-order valence-electron chi connectivity index (χ3n) is 4.20. The molecule has 100 valence electrons. The summed E-state index contributed by atoms with van der Waals surface area (Å²) in [4.78, 5) is 11.9. The number of hydrogen-bond acceptors (Lipinski definition) is 2. The van der Waals surface area contributed by atoms with Gasteiger partial charge in [-0.05, 0) is 38.5 Å². The van der Waals surface area contributed by atoms with E-state index in [0.717, 1.165) is 38.5 Å². The number of carbonyl (C=O) groups excluding carboxylic acids is 1. The molecule has 17 heavy (non-hydrogen) atoms. The standard InChI is InChI=1S/C11H18F2N2O.ClH/c12-8(13)7-15-9(16)10-1-4-11(14,5-2-10)6-3-10;/h8H,1-7,14H2,(H,15,16);1H. The number of fused-ring (bicyclic) bond motifs is 3. The van der Waals surface area contributed by atoms with Crippen molar-refractivity contribution in [2.75, 3.05) is 6.54 Å². The highest BCUT2D eigenvalue weighted by atomic mass is 35.5. The van der Waals surface area contributed by atoms with E-state index < -0.39 is 18.4 Å². The summed E-state index contributed by atoms with van der Waals surface area (Å²) in [5.74, 6) is -0.199. The van der Waals surface area contributed by atoms with E-state index in [4.69, 9.17) is 5.73 Å². The minimum Gasteiger partial charge on any atom is -0.350 e. The molecule has 0 radical (unpaired) electrons. The van der Waals surface area contributed by atoms with Crippen molar-refractivity contribution in [1.29, 1.82) is 0 Å². The summed E-state index contributed by atoms with van der Waals surface area (Å²) in [7, 11) is 0. The summed E-state index contributed by atoms with van der Waals surface area (Å²) in [5.41, 5.74) is 5.63. The number of halogens is 3. The van der Waals surface area contributed by atoms with Crippen LogP contribution in [0.15, 0.2) is 0 Å².